The van der Waals surface area contributed by atoms with Crippen LogP contribution in [0.3, 0.4) is 0 Å². The molecule has 2 fully saturated rings. The summed E-state index contributed by atoms with van der Waals surface area (Å²) in [5, 5.41) is 7.74. The van der Waals surface area contributed by atoms with Gasteiger partial charge in [0, 0.05) is 83.6 Å². The minimum absolute atomic E-state index is 0. The van der Waals surface area contributed by atoms with E-state index >= 15 is 0 Å². The number of ether oxygens (including phenoxy) is 1. The Morgan fingerprint density at radius 1 is 1.18 bits per heavy atom. The van der Waals surface area contributed by atoms with Gasteiger partial charge in [0.2, 0.25) is 5.95 Å². The molecule has 2 aliphatic heterocycles. The van der Waals surface area contributed by atoms with Gasteiger partial charge in [-0.2, -0.15) is 5.10 Å². The molecule has 1 N–H and O–H groups in total. The highest BCUT2D eigenvalue weighted by molar-refractivity contribution is 14.0. The molecule has 0 spiro atoms. The van der Waals surface area contributed by atoms with Crippen molar-refractivity contribution in [2.45, 2.75) is 19.4 Å². The monoisotopic (exact) mass is 569 g/mol. The van der Waals surface area contributed by atoms with Crippen molar-refractivity contribution in [3.63, 3.8) is 0 Å². The van der Waals surface area contributed by atoms with Gasteiger partial charge in [-0.25, -0.2) is 9.97 Å². The van der Waals surface area contributed by atoms with Crippen LogP contribution in [0.5, 0.6) is 0 Å². The zero-order chi connectivity index (χ0) is 22.2. The molecule has 10 nitrogen and oxygen atoms in total. The lowest BCUT2D eigenvalue weighted by molar-refractivity contribution is -0.00804. The number of guanidine groups is 1. The van der Waals surface area contributed by atoms with Crippen LogP contribution in [0, 0.1) is 0 Å². The zero-order valence-corrected chi connectivity index (χ0v) is 22.0. The van der Waals surface area contributed by atoms with Gasteiger partial charge in [-0.05, 0) is 19.4 Å². The van der Waals surface area contributed by atoms with Crippen LogP contribution in [0.2, 0.25) is 0 Å². The van der Waals surface area contributed by atoms with E-state index in [4.69, 9.17) is 9.73 Å². The van der Waals surface area contributed by atoms with Crippen molar-refractivity contribution in [1.82, 2.24) is 34.9 Å². The van der Waals surface area contributed by atoms with E-state index in [2.05, 4.69) is 42.0 Å². The van der Waals surface area contributed by atoms with Crippen molar-refractivity contribution < 1.29 is 4.74 Å². The molecule has 0 aromatic carbocycles. The van der Waals surface area contributed by atoms with Gasteiger partial charge in [0.25, 0.3) is 0 Å². The largest absolute Gasteiger partial charge is 0.370 e. The quantitative estimate of drug-likeness (QED) is 0.232. The number of rotatable bonds is 7. The average molecular weight is 569 g/mol. The van der Waals surface area contributed by atoms with Crippen LogP contribution < -0.4 is 10.2 Å². The Balaban J connectivity index is 0.00000306. The highest BCUT2D eigenvalue weighted by Gasteiger charge is 2.25. The second-order valence-electron chi connectivity index (χ2n) is 8.22. The van der Waals surface area contributed by atoms with Crippen molar-refractivity contribution in [2.75, 3.05) is 70.4 Å². The molecular formula is C22H36IN9O. The van der Waals surface area contributed by atoms with Gasteiger partial charge in [0.15, 0.2) is 5.96 Å². The van der Waals surface area contributed by atoms with E-state index in [1.807, 2.05) is 42.6 Å². The summed E-state index contributed by atoms with van der Waals surface area (Å²) in [5.74, 6) is 1.82. The fourth-order valence-corrected chi connectivity index (χ4v) is 4.18. The normalized spacial score (nSPS) is 19.9. The highest BCUT2D eigenvalue weighted by Crippen LogP contribution is 2.21. The summed E-state index contributed by atoms with van der Waals surface area (Å²) in [6.45, 7) is 11.2. The first-order valence-corrected chi connectivity index (χ1v) is 11.6. The van der Waals surface area contributed by atoms with Crippen molar-refractivity contribution in [2.24, 2.45) is 12.0 Å². The third kappa shape index (κ3) is 7.24. The van der Waals surface area contributed by atoms with Crippen LogP contribution in [-0.4, -0.2) is 101 Å². The molecule has 0 radical (unpaired) electrons. The zero-order valence-electron chi connectivity index (χ0n) is 19.6. The number of halogens is 1. The van der Waals surface area contributed by atoms with Crippen LogP contribution in [0.1, 0.15) is 25.0 Å². The maximum atomic E-state index is 5.98. The summed E-state index contributed by atoms with van der Waals surface area (Å²) in [7, 11) is 1.94. The van der Waals surface area contributed by atoms with Crippen LogP contribution in [-0.2, 0) is 11.8 Å². The van der Waals surface area contributed by atoms with E-state index in [1.54, 1.807) is 0 Å². The Morgan fingerprint density at radius 2 is 1.97 bits per heavy atom. The van der Waals surface area contributed by atoms with Gasteiger partial charge in [-0.1, -0.05) is 0 Å². The number of piperazine rings is 1. The molecule has 2 saturated heterocycles. The minimum atomic E-state index is 0. The van der Waals surface area contributed by atoms with E-state index in [1.165, 1.54) is 0 Å². The highest BCUT2D eigenvalue weighted by atomic mass is 127. The number of nitrogens with one attached hydrogen (secondary N) is 1. The third-order valence-corrected chi connectivity index (χ3v) is 5.90. The van der Waals surface area contributed by atoms with Gasteiger partial charge in [0.05, 0.1) is 19.3 Å². The third-order valence-electron chi connectivity index (χ3n) is 5.90. The lowest BCUT2D eigenvalue weighted by atomic mass is 10.1. The molecule has 0 aliphatic carbocycles. The van der Waals surface area contributed by atoms with Crippen molar-refractivity contribution >= 4 is 35.9 Å². The predicted molar refractivity (Wildman–Crippen MR) is 140 cm³/mol. The number of anilines is 1. The fraction of sp³-hybridized carbons (Fsp3) is 0.636. The lowest BCUT2D eigenvalue weighted by Gasteiger charge is -2.35. The molecule has 4 rings (SSSR count). The minimum Gasteiger partial charge on any atom is -0.370 e. The van der Waals surface area contributed by atoms with Gasteiger partial charge < -0.3 is 19.9 Å². The number of aromatic nitrogens is 4. The Bertz CT molecular complexity index is 855. The fourth-order valence-electron chi connectivity index (χ4n) is 4.18. The topological polar surface area (TPSA) is 86.9 Å². The van der Waals surface area contributed by atoms with E-state index in [9.17, 15) is 0 Å². The lowest BCUT2D eigenvalue weighted by Crippen LogP contribution is -2.48. The molecule has 4 heterocycles. The van der Waals surface area contributed by atoms with Gasteiger partial charge in [-0.3, -0.25) is 14.6 Å². The molecule has 2 aromatic heterocycles. The summed E-state index contributed by atoms with van der Waals surface area (Å²) >= 11 is 0. The van der Waals surface area contributed by atoms with Gasteiger partial charge in [0.1, 0.15) is 6.10 Å². The van der Waals surface area contributed by atoms with E-state index < -0.39 is 0 Å². The van der Waals surface area contributed by atoms with E-state index in [-0.39, 0.29) is 30.1 Å². The van der Waals surface area contributed by atoms with E-state index in [0.717, 1.165) is 82.8 Å². The molecule has 33 heavy (non-hydrogen) atoms. The summed E-state index contributed by atoms with van der Waals surface area (Å²) in [6.07, 6.45) is 8.62. The van der Waals surface area contributed by atoms with Crippen LogP contribution in [0.25, 0.3) is 0 Å². The van der Waals surface area contributed by atoms with Crippen molar-refractivity contribution in [1.29, 1.82) is 0 Å². The maximum Gasteiger partial charge on any atom is 0.225 e. The molecular weight excluding hydrogens is 533 g/mol. The van der Waals surface area contributed by atoms with E-state index in [0.29, 0.717) is 6.61 Å². The molecule has 0 saturated carbocycles. The molecule has 182 valence electrons. The number of aliphatic imine (C=N–C) groups is 1. The van der Waals surface area contributed by atoms with Crippen LogP contribution in [0.4, 0.5) is 5.95 Å². The second kappa shape index (κ2) is 13.0. The first kappa shape index (κ1) is 25.6. The molecule has 0 bridgehead atoms. The Hall–Kier alpha value is -1.99. The maximum absolute atomic E-state index is 5.98. The number of nitrogens with zero attached hydrogens (tertiary/aromatic N) is 8. The molecule has 1 unspecified atom stereocenters. The molecule has 2 aromatic rings. The molecule has 2 aliphatic rings. The van der Waals surface area contributed by atoms with Crippen LogP contribution >= 0.6 is 24.0 Å². The van der Waals surface area contributed by atoms with Crippen molar-refractivity contribution in [3.05, 3.63) is 36.4 Å². The standard InChI is InChI=1S/C22H35N9O.HI/c1-3-23-21(31-14-15-32-20(18-31)19-16-27-28(2)17-19)26-8-5-9-29-10-12-30(13-11-29)22-24-6-4-7-25-22;/h4,6-7,16-17,20H,3,5,8-15,18H2,1-2H3,(H,23,26);1H. The summed E-state index contributed by atoms with van der Waals surface area (Å²) in [5.41, 5.74) is 1.12. The van der Waals surface area contributed by atoms with Crippen molar-refractivity contribution in [3.8, 4) is 0 Å². The summed E-state index contributed by atoms with van der Waals surface area (Å²) < 4.78 is 7.81. The molecule has 11 heteroatoms. The molecule has 0 amide bonds. The number of hydrogen-bond acceptors (Lipinski definition) is 7. The average Bonchev–Trinajstić information content (AvgIpc) is 3.28. The SMILES string of the molecule is CCNC(=NCCCN1CCN(c2ncccn2)CC1)N1CCOC(c2cnn(C)c2)C1.I. The smallest absolute Gasteiger partial charge is 0.225 e. The van der Waals surface area contributed by atoms with Gasteiger partial charge >= 0.3 is 0 Å². The Labute approximate surface area is 213 Å². The van der Waals surface area contributed by atoms with Crippen LogP contribution in [0.15, 0.2) is 35.8 Å². The first-order valence-electron chi connectivity index (χ1n) is 11.6. The predicted octanol–water partition coefficient (Wildman–Crippen LogP) is 1.38. The number of morpholine rings is 1. The van der Waals surface area contributed by atoms with Gasteiger partial charge in [-0.15, -0.1) is 24.0 Å². The second-order valence-corrected chi connectivity index (χ2v) is 8.22. The Kier molecular flexibility index (Phi) is 10.1. The first-order chi connectivity index (χ1) is 15.7. The summed E-state index contributed by atoms with van der Waals surface area (Å²) in [6, 6.07) is 1.86. The number of hydrogen-bond donors (Lipinski definition) is 1. The Morgan fingerprint density at radius 3 is 2.67 bits per heavy atom. The summed E-state index contributed by atoms with van der Waals surface area (Å²) in [4.78, 5) is 20.7. The number of aryl methyl sites for hydroxylation is 1. The molecule has 1 atom stereocenters.